The third-order valence-corrected chi connectivity index (χ3v) is 6.33. The molecule has 1 N–H and O–H groups in total. The minimum absolute atomic E-state index is 0.0971. The van der Waals surface area contributed by atoms with Crippen LogP contribution in [0, 0.1) is 19.7 Å². The number of aromatic nitrogens is 2. The zero-order valence-corrected chi connectivity index (χ0v) is 19.6. The molecule has 1 atom stereocenters. The van der Waals surface area contributed by atoms with E-state index in [1.807, 2.05) is 31.2 Å². The van der Waals surface area contributed by atoms with Crippen LogP contribution in [0.25, 0.3) is 0 Å². The Morgan fingerprint density at radius 3 is 2.45 bits per heavy atom. The van der Waals surface area contributed by atoms with Crippen LogP contribution in [0.15, 0.2) is 48.5 Å². The van der Waals surface area contributed by atoms with Crippen molar-refractivity contribution >= 4 is 17.5 Å². The molecule has 1 aromatic heterocycles. The fraction of sp³-hybridized carbons (Fsp3) is 0.360. The van der Waals surface area contributed by atoms with Gasteiger partial charge in [-0.3, -0.25) is 9.69 Å². The molecule has 0 aliphatic carbocycles. The topological polar surface area (TPSA) is 59.4 Å². The standard InChI is InChI=1S/C25H28ClFN4O2/c1-17-3-5-19(6-4-17)16-31-24(26)23(18(2)29-31)25(32)28-15-22(30-11-13-33-14-12-30)20-7-9-21(27)10-8-20/h3-10,22H,11-16H2,1-2H3,(H,28,32)/t22-/m0/s1. The molecule has 1 fully saturated rings. The second-order valence-electron chi connectivity index (χ2n) is 8.32. The number of benzene rings is 2. The fourth-order valence-corrected chi connectivity index (χ4v) is 4.41. The average Bonchev–Trinajstić information content (AvgIpc) is 3.10. The summed E-state index contributed by atoms with van der Waals surface area (Å²) in [6.07, 6.45) is 0. The highest BCUT2D eigenvalue weighted by molar-refractivity contribution is 6.33. The van der Waals surface area contributed by atoms with E-state index in [2.05, 4.69) is 15.3 Å². The molecule has 8 heteroatoms. The first-order chi connectivity index (χ1) is 15.9. The van der Waals surface area contributed by atoms with E-state index in [9.17, 15) is 9.18 Å². The molecule has 0 radical (unpaired) electrons. The SMILES string of the molecule is Cc1ccc(Cn2nc(C)c(C(=O)NC[C@@H](c3ccc(F)cc3)N3CCOCC3)c2Cl)cc1. The van der Waals surface area contributed by atoms with Gasteiger partial charge in [-0.1, -0.05) is 53.6 Å². The van der Waals surface area contributed by atoms with Crippen molar-refractivity contribution in [2.24, 2.45) is 0 Å². The highest BCUT2D eigenvalue weighted by atomic mass is 35.5. The molecule has 0 bridgehead atoms. The number of halogens is 2. The van der Waals surface area contributed by atoms with E-state index in [1.54, 1.807) is 23.7 Å². The lowest BCUT2D eigenvalue weighted by molar-refractivity contribution is 0.0162. The number of nitrogens with zero attached hydrogens (tertiary/aromatic N) is 3. The Morgan fingerprint density at radius 1 is 1.12 bits per heavy atom. The molecule has 4 rings (SSSR count). The molecule has 0 saturated carbocycles. The summed E-state index contributed by atoms with van der Waals surface area (Å²) in [7, 11) is 0. The second kappa shape index (κ2) is 10.5. The molecule has 174 valence electrons. The van der Waals surface area contributed by atoms with Crippen LogP contribution in [0.1, 0.15) is 38.8 Å². The zero-order valence-electron chi connectivity index (χ0n) is 18.9. The number of carbonyl (C=O) groups excluding carboxylic acids is 1. The Bertz CT molecular complexity index is 1090. The van der Waals surface area contributed by atoms with Crippen molar-refractivity contribution in [3.8, 4) is 0 Å². The number of carbonyl (C=O) groups is 1. The van der Waals surface area contributed by atoms with Gasteiger partial charge in [0.2, 0.25) is 0 Å². The molecular formula is C25H28ClFN4O2. The van der Waals surface area contributed by atoms with Gasteiger partial charge in [-0.2, -0.15) is 5.10 Å². The number of aryl methyl sites for hydroxylation is 2. The minimum atomic E-state index is -0.285. The van der Waals surface area contributed by atoms with Crippen molar-refractivity contribution in [1.82, 2.24) is 20.0 Å². The van der Waals surface area contributed by atoms with Crippen molar-refractivity contribution < 1.29 is 13.9 Å². The van der Waals surface area contributed by atoms with Crippen LogP contribution in [0.5, 0.6) is 0 Å². The van der Waals surface area contributed by atoms with Crippen LogP contribution in [0.3, 0.4) is 0 Å². The number of amides is 1. The van der Waals surface area contributed by atoms with E-state index in [1.165, 1.54) is 17.7 Å². The summed E-state index contributed by atoms with van der Waals surface area (Å²) in [5.74, 6) is -0.556. The predicted octanol–water partition coefficient (Wildman–Crippen LogP) is 4.14. The smallest absolute Gasteiger partial charge is 0.256 e. The monoisotopic (exact) mass is 470 g/mol. The molecule has 3 aromatic rings. The maximum atomic E-state index is 13.5. The van der Waals surface area contributed by atoms with E-state index >= 15 is 0 Å². The molecule has 6 nitrogen and oxygen atoms in total. The Hall–Kier alpha value is -2.74. The summed E-state index contributed by atoms with van der Waals surface area (Å²) < 4.78 is 20.6. The summed E-state index contributed by atoms with van der Waals surface area (Å²) in [5, 5.41) is 7.83. The summed E-state index contributed by atoms with van der Waals surface area (Å²) in [6.45, 7) is 7.41. The Balaban J connectivity index is 1.49. The molecule has 2 heterocycles. The van der Waals surface area contributed by atoms with Crippen LogP contribution in [-0.4, -0.2) is 53.4 Å². The highest BCUT2D eigenvalue weighted by Gasteiger charge is 2.26. The number of hydrogen-bond acceptors (Lipinski definition) is 4. The molecule has 1 amide bonds. The molecular weight excluding hydrogens is 443 g/mol. The second-order valence-corrected chi connectivity index (χ2v) is 8.68. The van der Waals surface area contributed by atoms with Gasteiger partial charge in [0, 0.05) is 19.6 Å². The van der Waals surface area contributed by atoms with Gasteiger partial charge in [0.1, 0.15) is 11.0 Å². The van der Waals surface area contributed by atoms with Crippen LogP contribution in [0.2, 0.25) is 5.15 Å². The van der Waals surface area contributed by atoms with Crippen LogP contribution in [0.4, 0.5) is 4.39 Å². The lowest BCUT2D eigenvalue weighted by Gasteiger charge is -2.35. The third-order valence-electron chi connectivity index (χ3n) is 5.94. The fourth-order valence-electron chi connectivity index (χ4n) is 4.09. The lowest BCUT2D eigenvalue weighted by atomic mass is 10.0. The lowest BCUT2D eigenvalue weighted by Crippen LogP contribution is -2.43. The van der Waals surface area contributed by atoms with E-state index < -0.39 is 0 Å². The molecule has 0 spiro atoms. The average molecular weight is 471 g/mol. The predicted molar refractivity (Wildman–Crippen MR) is 126 cm³/mol. The first kappa shape index (κ1) is 23.4. The van der Waals surface area contributed by atoms with Crippen molar-refractivity contribution in [2.75, 3.05) is 32.8 Å². The number of nitrogens with one attached hydrogen (secondary N) is 1. The van der Waals surface area contributed by atoms with Gasteiger partial charge >= 0.3 is 0 Å². The van der Waals surface area contributed by atoms with Crippen molar-refractivity contribution in [3.05, 3.63) is 87.4 Å². The Morgan fingerprint density at radius 2 is 1.79 bits per heavy atom. The minimum Gasteiger partial charge on any atom is -0.379 e. The molecule has 1 aliphatic rings. The summed E-state index contributed by atoms with van der Waals surface area (Å²) >= 11 is 6.58. The van der Waals surface area contributed by atoms with Crippen LogP contribution < -0.4 is 5.32 Å². The van der Waals surface area contributed by atoms with Crippen LogP contribution in [-0.2, 0) is 11.3 Å². The number of rotatable bonds is 7. The van der Waals surface area contributed by atoms with Crippen molar-refractivity contribution in [1.29, 1.82) is 0 Å². The summed E-state index contributed by atoms with van der Waals surface area (Å²) in [4.78, 5) is 15.4. The van der Waals surface area contributed by atoms with Gasteiger partial charge in [-0.25, -0.2) is 9.07 Å². The highest BCUT2D eigenvalue weighted by Crippen LogP contribution is 2.24. The third kappa shape index (κ3) is 5.61. The quantitative estimate of drug-likeness (QED) is 0.563. The van der Waals surface area contributed by atoms with E-state index in [0.717, 1.165) is 24.2 Å². The van der Waals surface area contributed by atoms with Crippen LogP contribution >= 0.6 is 11.6 Å². The zero-order chi connectivity index (χ0) is 23.4. The van der Waals surface area contributed by atoms with Crippen molar-refractivity contribution in [2.45, 2.75) is 26.4 Å². The number of ether oxygens (including phenoxy) is 1. The maximum Gasteiger partial charge on any atom is 0.256 e. The maximum absolute atomic E-state index is 13.5. The number of hydrogen-bond donors (Lipinski definition) is 1. The molecule has 2 aromatic carbocycles. The largest absolute Gasteiger partial charge is 0.379 e. The van der Waals surface area contributed by atoms with E-state index in [0.29, 0.717) is 42.7 Å². The van der Waals surface area contributed by atoms with Gasteiger partial charge in [0.25, 0.3) is 5.91 Å². The molecule has 1 aliphatic heterocycles. The Labute approximate surface area is 198 Å². The first-order valence-electron chi connectivity index (χ1n) is 11.1. The first-order valence-corrected chi connectivity index (χ1v) is 11.4. The molecule has 1 saturated heterocycles. The van der Waals surface area contributed by atoms with Crippen molar-refractivity contribution in [3.63, 3.8) is 0 Å². The normalized spacial score (nSPS) is 15.4. The molecule has 0 unspecified atom stereocenters. The van der Waals surface area contributed by atoms with E-state index in [4.69, 9.17) is 16.3 Å². The summed E-state index contributed by atoms with van der Waals surface area (Å²) in [6, 6.07) is 14.4. The van der Waals surface area contributed by atoms with Gasteiger partial charge < -0.3 is 10.1 Å². The van der Waals surface area contributed by atoms with Gasteiger partial charge in [0.05, 0.1) is 37.1 Å². The molecule has 33 heavy (non-hydrogen) atoms. The van der Waals surface area contributed by atoms with Gasteiger partial charge in [-0.05, 0) is 37.1 Å². The Kier molecular flexibility index (Phi) is 7.42. The summed E-state index contributed by atoms with van der Waals surface area (Å²) in [5.41, 5.74) is 4.13. The van der Waals surface area contributed by atoms with Gasteiger partial charge in [0.15, 0.2) is 0 Å². The van der Waals surface area contributed by atoms with Gasteiger partial charge in [-0.15, -0.1) is 0 Å². The van der Waals surface area contributed by atoms with E-state index in [-0.39, 0.29) is 17.8 Å². The number of morpholine rings is 1.